The fourth-order valence-electron chi connectivity index (χ4n) is 3.43. The molecule has 0 unspecified atom stereocenters. The Kier molecular flexibility index (Phi) is 9.66. The fourth-order valence-corrected chi connectivity index (χ4v) is 3.43. The van der Waals surface area contributed by atoms with E-state index in [9.17, 15) is 9.59 Å². The predicted molar refractivity (Wildman–Crippen MR) is 134 cm³/mol. The lowest BCUT2D eigenvalue weighted by Crippen LogP contribution is -2.38. The number of rotatable bonds is 11. The van der Waals surface area contributed by atoms with Crippen molar-refractivity contribution >= 4 is 12.1 Å². The molecule has 3 aromatic rings. The molecule has 0 saturated heterocycles. The lowest BCUT2D eigenvalue weighted by atomic mass is 10.2. The topological polar surface area (TPSA) is 78.0 Å². The molecule has 0 N–H and O–H groups in total. The van der Waals surface area contributed by atoms with E-state index in [0.717, 1.165) is 23.2 Å². The predicted octanol–water partition coefficient (Wildman–Crippen LogP) is 5.14. The highest BCUT2D eigenvalue weighted by Crippen LogP contribution is 2.18. The van der Waals surface area contributed by atoms with Gasteiger partial charge in [0, 0.05) is 24.9 Å². The van der Waals surface area contributed by atoms with Crippen molar-refractivity contribution in [1.29, 1.82) is 0 Å². The van der Waals surface area contributed by atoms with Gasteiger partial charge in [0.25, 0.3) is 0 Å². The first-order valence-corrected chi connectivity index (χ1v) is 11.8. The van der Waals surface area contributed by atoms with Crippen molar-refractivity contribution in [2.24, 2.45) is 0 Å². The summed E-state index contributed by atoms with van der Waals surface area (Å²) in [7, 11) is 0. The Morgan fingerprint density at radius 2 is 1.74 bits per heavy atom. The van der Waals surface area contributed by atoms with Crippen LogP contribution in [0.25, 0.3) is 0 Å². The highest BCUT2D eigenvalue weighted by molar-refractivity contribution is 5.79. The van der Waals surface area contributed by atoms with Crippen LogP contribution in [0.15, 0.2) is 66.9 Å². The van der Waals surface area contributed by atoms with Crippen LogP contribution < -0.4 is 9.47 Å². The summed E-state index contributed by atoms with van der Waals surface area (Å²) in [6.07, 6.45) is 2.91. The number of nitrogens with zero attached hydrogens (tertiary/aromatic N) is 2. The molecule has 0 aliphatic rings. The van der Waals surface area contributed by atoms with Gasteiger partial charge in [-0.05, 0) is 67.3 Å². The molecule has 35 heavy (non-hydrogen) atoms. The van der Waals surface area contributed by atoms with Gasteiger partial charge in [0.1, 0.15) is 18.0 Å². The number of benzene rings is 2. The number of amides is 1. The molecule has 7 heteroatoms. The molecule has 0 spiro atoms. The molecule has 1 heterocycles. The zero-order valence-electron chi connectivity index (χ0n) is 20.5. The van der Waals surface area contributed by atoms with Gasteiger partial charge in [-0.2, -0.15) is 0 Å². The molecule has 0 aliphatic heterocycles. The molecule has 0 bridgehead atoms. The molecule has 0 aliphatic carbocycles. The van der Waals surface area contributed by atoms with Gasteiger partial charge >= 0.3 is 12.1 Å². The van der Waals surface area contributed by atoms with Gasteiger partial charge in [-0.1, -0.05) is 37.3 Å². The number of aryl methyl sites for hydroxylation is 2. The normalized spacial score (nSPS) is 10.5. The number of hydrogen-bond donors (Lipinski definition) is 0. The lowest BCUT2D eigenvalue weighted by molar-refractivity contribution is -0.144. The highest BCUT2D eigenvalue weighted by atomic mass is 16.6. The second-order valence-electron chi connectivity index (χ2n) is 8.10. The van der Waals surface area contributed by atoms with Gasteiger partial charge in [-0.15, -0.1) is 0 Å². The molecule has 2 aromatic carbocycles. The fraction of sp³-hybridized carbons (Fsp3) is 0.321. The minimum Gasteiger partial charge on any atom is -0.493 e. The first-order valence-electron chi connectivity index (χ1n) is 11.8. The van der Waals surface area contributed by atoms with Gasteiger partial charge < -0.3 is 14.2 Å². The lowest BCUT2D eigenvalue weighted by Gasteiger charge is -2.21. The second-order valence-corrected chi connectivity index (χ2v) is 8.10. The van der Waals surface area contributed by atoms with Gasteiger partial charge in [-0.3, -0.25) is 14.7 Å². The van der Waals surface area contributed by atoms with Crippen molar-refractivity contribution in [2.45, 2.75) is 40.2 Å². The molecular weight excluding hydrogens is 444 g/mol. The summed E-state index contributed by atoms with van der Waals surface area (Å²) in [5, 5.41) is 0. The number of ether oxygens (including phenoxy) is 3. The Morgan fingerprint density at radius 3 is 2.46 bits per heavy atom. The minimum absolute atomic E-state index is 0.167. The van der Waals surface area contributed by atoms with Crippen molar-refractivity contribution in [3.05, 3.63) is 89.2 Å². The van der Waals surface area contributed by atoms with Crippen molar-refractivity contribution in [1.82, 2.24) is 9.88 Å². The monoisotopic (exact) mass is 476 g/mol. The van der Waals surface area contributed by atoms with Gasteiger partial charge in [0.2, 0.25) is 0 Å². The molecule has 7 nitrogen and oxygen atoms in total. The molecule has 184 valence electrons. The Labute approximate surface area is 206 Å². The summed E-state index contributed by atoms with van der Waals surface area (Å²) in [5.41, 5.74) is 3.94. The maximum absolute atomic E-state index is 12.9. The van der Waals surface area contributed by atoms with Crippen LogP contribution in [-0.4, -0.2) is 41.7 Å². The number of esters is 1. The zero-order valence-corrected chi connectivity index (χ0v) is 20.5. The first-order chi connectivity index (χ1) is 17.0. The van der Waals surface area contributed by atoms with Crippen LogP contribution in [0.3, 0.4) is 0 Å². The van der Waals surface area contributed by atoms with Gasteiger partial charge in [0.15, 0.2) is 0 Å². The van der Waals surface area contributed by atoms with Crippen LogP contribution in [-0.2, 0) is 28.9 Å². The Balaban J connectivity index is 1.63. The number of aromatic nitrogens is 1. The average molecular weight is 477 g/mol. The van der Waals surface area contributed by atoms with E-state index in [4.69, 9.17) is 14.2 Å². The van der Waals surface area contributed by atoms with E-state index in [1.807, 2.05) is 55.6 Å². The third-order valence-corrected chi connectivity index (χ3v) is 5.27. The summed E-state index contributed by atoms with van der Waals surface area (Å²) in [6.45, 7) is 6.40. The average Bonchev–Trinajstić information content (AvgIpc) is 2.84. The number of carbonyl (C=O) groups excluding carboxylic acids is 2. The summed E-state index contributed by atoms with van der Waals surface area (Å²) in [6, 6.07) is 18.7. The maximum Gasteiger partial charge on any atom is 0.416 e. The Morgan fingerprint density at radius 1 is 0.943 bits per heavy atom. The minimum atomic E-state index is -0.628. The summed E-state index contributed by atoms with van der Waals surface area (Å²) in [4.78, 5) is 30.8. The quantitative estimate of drug-likeness (QED) is 0.357. The van der Waals surface area contributed by atoms with Crippen molar-refractivity contribution in [3.8, 4) is 11.5 Å². The summed E-state index contributed by atoms with van der Waals surface area (Å²) in [5.74, 6) is 0.597. The van der Waals surface area contributed by atoms with Crippen LogP contribution in [0.2, 0.25) is 0 Å². The smallest absolute Gasteiger partial charge is 0.416 e. The zero-order chi connectivity index (χ0) is 25.0. The van der Waals surface area contributed by atoms with Gasteiger partial charge in [0.05, 0.1) is 13.2 Å². The molecule has 0 saturated carbocycles. The first kappa shape index (κ1) is 25.7. The van der Waals surface area contributed by atoms with E-state index in [2.05, 4.69) is 18.0 Å². The van der Waals surface area contributed by atoms with Crippen molar-refractivity contribution in [2.75, 3.05) is 19.8 Å². The maximum atomic E-state index is 12.9. The largest absolute Gasteiger partial charge is 0.493 e. The third-order valence-electron chi connectivity index (χ3n) is 5.27. The van der Waals surface area contributed by atoms with E-state index in [-0.39, 0.29) is 19.7 Å². The van der Waals surface area contributed by atoms with E-state index < -0.39 is 12.1 Å². The molecule has 1 aromatic heterocycles. The van der Waals surface area contributed by atoms with Crippen LogP contribution in [0.1, 0.15) is 36.2 Å². The molecule has 3 rings (SSSR count). The van der Waals surface area contributed by atoms with E-state index in [0.29, 0.717) is 24.5 Å². The molecule has 0 fully saturated rings. The van der Waals surface area contributed by atoms with E-state index in [1.165, 1.54) is 10.5 Å². The molecular formula is C28H32N2O5. The molecule has 0 atom stereocenters. The third kappa shape index (κ3) is 8.45. The number of carbonyl (C=O) groups is 2. The second kappa shape index (κ2) is 13.1. The van der Waals surface area contributed by atoms with E-state index in [1.54, 1.807) is 19.1 Å². The number of hydrogen-bond acceptors (Lipinski definition) is 6. The van der Waals surface area contributed by atoms with Crippen LogP contribution >= 0.6 is 0 Å². The highest BCUT2D eigenvalue weighted by Gasteiger charge is 2.21. The molecule has 1 amide bonds. The van der Waals surface area contributed by atoms with Crippen LogP contribution in [0.5, 0.6) is 11.5 Å². The van der Waals surface area contributed by atoms with Crippen LogP contribution in [0.4, 0.5) is 4.79 Å². The standard InChI is InChI=1S/C28H32N2O5/c1-4-22-12-13-24(29-18-22)14-15-34-25-10-7-9-23(17-25)19-30(20-27(31)33-5-2)28(32)35-26-11-6-8-21(3)16-26/h6-13,16-18H,4-5,14-15,19-20H2,1-3H3. The van der Waals surface area contributed by atoms with Crippen molar-refractivity contribution in [3.63, 3.8) is 0 Å². The summed E-state index contributed by atoms with van der Waals surface area (Å²) >= 11 is 0. The summed E-state index contributed by atoms with van der Waals surface area (Å²) < 4.78 is 16.5. The van der Waals surface area contributed by atoms with E-state index >= 15 is 0 Å². The number of pyridine rings is 1. The van der Waals surface area contributed by atoms with Gasteiger partial charge in [-0.25, -0.2) is 4.79 Å². The SMILES string of the molecule is CCOC(=O)CN(Cc1cccc(OCCc2ccc(CC)cn2)c1)C(=O)Oc1cccc(C)c1. The Bertz CT molecular complexity index is 1110. The Hall–Kier alpha value is -3.87. The molecule has 0 radical (unpaired) electrons. The van der Waals surface area contributed by atoms with Crippen LogP contribution in [0, 0.1) is 6.92 Å². The van der Waals surface area contributed by atoms with Crippen molar-refractivity contribution < 1.29 is 23.8 Å².